The van der Waals surface area contributed by atoms with Crippen LogP contribution in [0.3, 0.4) is 0 Å². The van der Waals surface area contributed by atoms with E-state index in [1.807, 2.05) is 7.05 Å². The molecule has 1 fully saturated rings. The largest absolute Gasteiger partial charge is 0.382 e. The number of likely N-dealkylation sites (tertiary alicyclic amines) is 1. The van der Waals surface area contributed by atoms with Crippen LogP contribution in [0.1, 0.15) is 25.5 Å². The third-order valence-electron chi connectivity index (χ3n) is 3.82. The van der Waals surface area contributed by atoms with E-state index in [2.05, 4.69) is 26.7 Å². The van der Waals surface area contributed by atoms with E-state index in [9.17, 15) is 0 Å². The molecule has 0 aromatic carbocycles. The van der Waals surface area contributed by atoms with Crippen molar-refractivity contribution in [1.29, 1.82) is 5.41 Å². The minimum atomic E-state index is -0.0269. The summed E-state index contributed by atoms with van der Waals surface area (Å²) in [6.45, 7) is 5.53. The van der Waals surface area contributed by atoms with Crippen molar-refractivity contribution in [3.8, 4) is 0 Å². The molecule has 1 aliphatic rings. The first kappa shape index (κ1) is 13.7. The maximum atomic E-state index is 7.59. The number of hydrogen-bond donors (Lipinski definition) is 2. The Morgan fingerprint density at radius 2 is 2.05 bits per heavy atom. The van der Waals surface area contributed by atoms with E-state index >= 15 is 0 Å². The van der Waals surface area contributed by atoms with Gasteiger partial charge in [0.05, 0.1) is 0 Å². The van der Waals surface area contributed by atoms with Crippen LogP contribution in [0.2, 0.25) is 0 Å². The zero-order valence-corrected chi connectivity index (χ0v) is 11.6. The Balaban J connectivity index is 2.12. The highest BCUT2D eigenvalue weighted by atomic mass is 15.2. The third kappa shape index (κ3) is 3.01. The summed E-state index contributed by atoms with van der Waals surface area (Å²) in [6, 6.07) is 0.442. The van der Waals surface area contributed by atoms with Gasteiger partial charge in [-0.05, 0) is 19.4 Å². The molecule has 6 heteroatoms. The van der Waals surface area contributed by atoms with Crippen molar-refractivity contribution in [2.45, 2.75) is 25.8 Å². The Morgan fingerprint density at radius 3 is 2.63 bits per heavy atom. The van der Waals surface area contributed by atoms with Gasteiger partial charge >= 0.3 is 0 Å². The van der Waals surface area contributed by atoms with Gasteiger partial charge in [0.2, 0.25) is 0 Å². The molecule has 104 valence electrons. The molecule has 0 amide bonds. The van der Waals surface area contributed by atoms with Gasteiger partial charge in [0.25, 0.3) is 0 Å². The van der Waals surface area contributed by atoms with Gasteiger partial charge < -0.3 is 15.5 Å². The Hall–Kier alpha value is -1.69. The molecule has 2 rings (SSSR count). The predicted molar refractivity (Wildman–Crippen MR) is 76.6 cm³/mol. The monoisotopic (exact) mass is 262 g/mol. The molecule has 1 aliphatic heterocycles. The fourth-order valence-corrected chi connectivity index (χ4v) is 2.57. The summed E-state index contributed by atoms with van der Waals surface area (Å²) in [4.78, 5) is 13.1. The van der Waals surface area contributed by atoms with Gasteiger partial charge in [0.1, 0.15) is 11.5 Å². The van der Waals surface area contributed by atoms with E-state index in [-0.39, 0.29) is 5.84 Å². The second-order valence-electron chi connectivity index (χ2n) is 4.92. The first-order valence-electron chi connectivity index (χ1n) is 6.74. The number of aromatic nitrogens is 2. The van der Waals surface area contributed by atoms with Crippen molar-refractivity contribution < 1.29 is 0 Å². The van der Waals surface area contributed by atoms with Gasteiger partial charge in [-0.25, -0.2) is 9.97 Å². The van der Waals surface area contributed by atoms with Gasteiger partial charge in [0.15, 0.2) is 5.82 Å². The van der Waals surface area contributed by atoms with E-state index in [1.54, 1.807) is 12.4 Å². The first-order valence-corrected chi connectivity index (χ1v) is 6.74. The number of nitrogens with one attached hydrogen (secondary N) is 1. The Bertz CT molecular complexity index is 439. The lowest BCUT2D eigenvalue weighted by Crippen LogP contribution is -2.44. The molecule has 0 radical (unpaired) electrons. The van der Waals surface area contributed by atoms with E-state index in [0.29, 0.717) is 17.6 Å². The van der Waals surface area contributed by atoms with Crippen LogP contribution < -0.4 is 10.6 Å². The molecule has 6 nitrogen and oxygen atoms in total. The van der Waals surface area contributed by atoms with Gasteiger partial charge in [-0.15, -0.1) is 0 Å². The number of amidine groups is 1. The lowest BCUT2D eigenvalue weighted by atomic mass is 10.0. The Kier molecular flexibility index (Phi) is 4.31. The van der Waals surface area contributed by atoms with Crippen LogP contribution in [-0.4, -0.2) is 53.4 Å². The summed E-state index contributed by atoms with van der Waals surface area (Å²) in [5.41, 5.74) is 6.05. The SMILES string of the molecule is CCN1CCC(N(C)c2nccnc2C(=N)N)CC1. The Labute approximate surface area is 114 Å². The van der Waals surface area contributed by atoms with Crippen molar-refractivity contribution in [2.24, 2.45) is 5.73 Å². The number of nitrogen functional groups attached to an aromatic ring is 1. The zero-order chi connectivity index (χ0) is 13.8. The summed E-state index contributed by atoms with van der Waals surface area (Å²) in [6.07, 6.45) is 5.45. The highest BCUT2D eigenvalue weighted by molar-refractivity contribution is 5.97. The van der Waals surface area contributed by atoms with Crippen LogP contribution >= 0.6 is 0 Å². The lowest BCUT2D eigenvalue weighted by molar-refractivity contribution is 0.220. The van der Waals surface area contributed by atoms with Gasteiger partial charge in [0, 0.05) is 38.6 Å². The fourth-order valence-electron chi connectivity index (χ4n) is 2.57. The fraction of sp³-hybridized carbons (Fsp3) is 0.615. The second kappa shape index (κ2) is 5.97. The van der Waals surface area contributed by atoms with E-state index in [1.165, 1.54) is 0 Å². The molecule has 1 saturated heterocycles. The van der Waals surface area contributed by atoms with Gasteiger partial charge in [-0.3, -0.25) is 5.41 Å². The van der Waals surface area contributed by atoms with Crippen molar-refractivity contribution in [3.05, 3.63) is 18.1 Å². The number of hydrogen-bond acceptors (Lipinski definition) is 5. The summed E-state index contributed by atoms with van der Waals surface area (Å²) < 4.78 is 0. The van der Waals surface area contributed by atoms with Crippen molar-refractivity contribution >= 4 is 11.7 Å². The minimum Gasteiger partial charge on any atom is -0.382 e. The maximum absolute atomic E-state index is 7.59. The smallest absolute Gasteiger partial charge is 0.158 e. The van der Waals surface area contributed by atoms with Crippen LogP contribution in [0, 0.1) is 5.41 Å². The predicted octanol–water partition coefficient (Wildman–Crippen LogP) is 0.681. The quantitative estimate of drug-likeness (QED) is 0.616. The van der Waals surface area contributed by atoms with E-state index in [0.717, 1.165) is 32.5 Å². The summed E-state index contributed by atoms with van der Waals surface area (Å²) in [5.74, 6) is 0.686. The number of rotatable bonds is 4. The van der Waals surface area contributed by atoms with Crippen LogP contribution in [0.5, 0.6) is 0 Å². The standard InChI is InChI=1S/C13H22N6/c1-3-19-8-4-10(5-9-19)18(2)13-11(12(14)15)16-6-7-17-13/h6-7,10H,3-5,8-9H2,1-2H3,(H3,14,15). The van der Waals surface area contributed by atoms with Gasteiger partial charge in [-0.1, -0.05) is 6.92 Å². The van der Waals surface area contributed by atoms with Crippen molar-refractivity contribution in [2.75, 3.05) is 31.6 Å². The maximum Gasteiger partial charge on any atom is 0.158 e. The summed E-state index contributed by atoms with van der Waals surface area (Å²) in [5, 5.41) is 7.59. The van der Waals surface area contributed by atoms with E-state index in [4.69, 9.17) is 11.1 Å². The Morgan fingerprint density at radius 1 is 1.42 bits per heavy atom. The molecule has 19 heavy (non-hydrogen) atoms. The number of piperidine rings is 1. The molecule has 0 saturated carbocycles. The number of nitrogens with two attached hydrogens (primary N) is 1. The topological polar surface area (TPSA) is 82.1 Å². The molecular weight excluding hydrogens is 240 g/mol. The molecule has 0 bridgehead atoms. The van der Waals surface area contributed by atoms with Gasteiger partial charge in [-0.2, -0.15) is 0 Å². The zero-order valence-electron chi connectivity index (χ0n) is 11.6. The van der Waals surface area contributed by atoms with Crippen molar-refractivity contribution in [3.63, 3.8) is 0 Å². The molecule has 3 N–H and O–H groups in total. The molecule has 0 unspecified atom stereocenters. The number of nitrogens with zero attached hydrogens (tertiary/aromatic N) is 4. The molecule has 1 aromatic heterocycles. The molecule has 0 aliphatic carbocycles. The summed E-state index contributed by atoms with van der Waals surface area (Å²) >= 11 is 0. The highest BCUT2D eigenvalue weighted by Crippen LogP contribution is 2.22. The molecule has 1 aromatic rings. The first-order chi connectivity index (χ1) is 9.13. The lowest BCUT2D eigenvalue weighted by Gasteiger charge is -2.37. The van der Waals surface area contributed by atoms with Crippen LogP contribution in [0.15, 0.2) is 12.4 Å². The van der Waals surface area contributed by atoms with E-state index < -0.39 is 0 Å². The highest BCUT2D eigenvalue weighted by Gasteiger charge is 2.24. The molecule has 0 spiro atoms. The number of anilines is 1. The normalized spacial score (nSPS) is 17.4. The second-order valence-corrected chi connectivity index (χ2v) is 4.92. The minimum absolute atomic E-state index is 0.0269. The average molecular weight is 262 g/mol. The summed E-state index contributed by atoms with van der Waals surface area (Å²) in [7, 11) is 2.02. The molecule has 2 heterocycles. The third-order valence-corrected chi connectivity index (χ3v) is 3.82. The molecule has 0 atom stereocenters. The van der Waals surface area contributed by atoms with Crippen LogP contribution in [-0.2, 0) is 0 Å². The average Bonchev–Trinajstić information content (AvgIpc) is 2.46. The van der Waals surface area contributed by atoms with Crippen LogP contribution in [0.4, 0.5) is 5.82 Å². The van der Waals surface area contributed by atoms with Crippen LogP contribution in [0.25, 0.3) is 0 Å². The van der Waals surface area contributed by atoms with Crippen molar-refractivity contribution in [1.82, 2.24) is 14.9 Å². The molecular formula is C13H22N6.